The van der Waals surface area contributed by atoms with Crippen molar-refractivity contribution in [1.29, 1.82) is 0 Å². The van der Waals surface area contributed by atoms with Gasteiger partial charge in [-0.2, -0.15) is 0 Å². The lowest BCUT2D eigenvalue weighted by Gasteiger charge is -2.27. The number of carbonyl (C=O) groups is 4. The lowest BCUT2D eigenvalue weighted by atomic mass is 9.80. The van der Waals surface area contributed by atoms with Crippen molar-refractivity contribution < 1.29 is 38.1 Å². The minimum atomic E-state index is -1.83. The Bertz CT molecular complexity index is 724. The highest BCUT2D eigenvalue weighted by atomic mass is 16.6. The zero-order valence-corrected chi connectivity index (χ0v) is 16.6. The first-order chi connectivity index (χ1) is 13.2. The Morgan fingerprint density at radius 3 is 1.82 bits per heavy atom. The quantitative estimate of drug-likeness (QED) is 0.297. The van der Waals surface area contributed by atoms with Crippen LogP contribution in [0.3, 0.4) is 0 Å². The maximum Gasteiger partial charge on any atom is 0.327 e. The summed E-state index contributed by atoms with van der Waals surface area (Å²) in [5.74, 6) is -4.95. The summed E-state index contributed by atoms with van der Waals surface area (Å²) in [5.41, 5.74) is 4.38. The number of carbonyl (C=O) groups excluding carboxylic acids is 4. The number of anilines is 1. The second kappa shape index (κ2) is 9.72. The molecule has 0 aliphatic carbocycles. The third kappa shape index (κ3) is 4.41. The van der Waals surface area contributed by atoms with Gasteiger partial charge in [0, 0.05) is 11.3 Å². The normalized spacial score (nSPS) is 10.9. The molecule has 0 bridgehead atoms. The van der Waals surface area contributed by atoms with Crippen LogP contribution in [0, 0.1) is 0 Å². The van der Waals surface area contributed by atoms with E-state index in [1.54, 1.807) is 13.8 Å². The first-order valence-corrected chi connectivity index (χ1v) is 8.58. The van der Waals surface area contributed by atoms with Crippen molar-refractivity contribution in [3.8, 4) is 0 Å². The third-order valence-electron chi connectivity index (χ3n) is 4.22. The molecule has 2 N–H and O–H groups in total. The van der Waals surface area contributed by atoms with Gasteiger partial charge in [0.05, 0.1) is 27.4 Å². The molecular weight excluding hydrogens is 370 g/mol. The topological polar surface area (TPSA) is 131 Å². The molecule has 0 heterocycles. The minimum absolute atomic E-state index is 0.0380. The summed E-state index contributed by atoms with van der Waals surface area (Å²) in [6, 6.07) is 4.11. The van der Waals surface area contributed by atoms with E-state index in [1.807, 2.05) is 0 Å². The van der Waals surface area contributed by atoms with Crippen LogP contribution in [0.1, 0.15) is 37.8 Å². The first-order valence-electron chi connectivity index (χ1n) is 8.58. The van der Waals surface area contributed by atoms with Crippen LogP contribution in [0.15, 0.2) is 18.2 Å². The third-order valence-corrected chi connectivity index (χ3v) is 4.22. The number of ether oxygens (including phenoxy) is 4. The van der Waals surface area contributed by atoms with Gasteiger partial charge >= 0.3 is 23.9 Å². The number of methoxy groups -OCH3 is 2. The van der Waals surface area contributed by atoms with E-state index in [4.69, 9.17) is 15.2 Å². The summed E-state index contributed by atoms with van der Waals surface area (Å²) in [7, 11) is 2.22. The molecule has 9 nitrogen and oxygen atoms in total. The minimum Gasteiger partial charge on any atom is -0.468 e. The highest BCUT2D eigenvalue weighted by Crippen LogP contribution is 2.33. The number of nitrogen functional groups attached to an aromatic ring is 1. The van der Waals surface area contributed by atoms with E-state index in [0.717, 1.165) is 14.2 Å². The van der Waals surface area contributed by atoms with Crippen LogP contribution in [0.4, 0.5) is 5.69 Å². The summed E-state index contributed by atoms with van der Waals surface area (Å²) in [5, 5.41) is 0. The standard InChI is InChI=1S/C19H25NO8/c1-6-27-17(23)19(3,18(24)28-7-2)11-8-9-13(20)12(10-11)14(15(21)25-4)16(22)26-5/h8-10,14H,6-7,20H2,1-5H3. The first kappa shape index (κ1) is 22.9. The Kier molecular flexibility index (Phi) is 7.97. The zero-order valence-electron chi connectivity index (χ0n) is 16.6. The molecule has 1 aromatic rings. The van der Waals surface area contributed by atoms with E-state index >= 15 is 0 Å². The van der Waals surface area contributed by atoms with Gasteiger partial charge in [-0.05, 0) is 32.4 Å². The fourth-order valence-corrected chi connectivity index (χ4v) is 2.59. The van der Waals surface area contributed by atoms with Gasteiger partial charge in [-0.1, -0.05) is 12.1 Å². The van der Waals surface area contributed by atoms with Crippen molar-refractivity contribution >= 4 is 29.6 Å². The van der Waals surface area contributed by atoms with Gasteiger partial charge in [-0.15, -0.1) is 0 Å². The maximum atomic E-state index is 12.6. The molecule has 0 aromatic heterocycles. The number of nitrogens with two attached hydrogens (primary N) is 1. The van der Waals surface area contributed by atoms with Gasteiger partial charge in [-0.25, -0.2) is 0 Å². The van der Waals surface area contributed by atoms with Crippen LogP contribution >= 0.6 is 0 Å². The molecule has 0 unspecified atom stereocenters. The van der Waals surface area contributed by atoms with E-state index in [0.29, 0.717) is 0 Å². The van der Waals surface area contributed by atoms with Crippen molar-refractivity contribution in [3.05, 3.63) is 29.3 Å². The highest BCUT2D eigenvalue weighted by Gasteiger charge is 2.47. The van der Waals surface area contributed by atoms with E-state index < -0.39 is 35.2 Å². The summed E-state index contributed by atoms with van der Waals surface area (Å²) in [6.45, 7) is 4.62. The fraction of sp³-hybridized carbons (Fsp3) is 0.474. The molecule has 0 amide bonds. The van der Waals surface area contributed by atoms with Crippen molar-refractivity contribution in [1.82, 2.24) is 0 Å². The number of rotatable bonds is 8. The van der Waals surface area contributed by atoms with Gasteiger partial charge in [0.2, 0.25) is 0 Å². The van der Waals surface area contributed by atoms with Crippen LogP contribution in [0.25, 0.3) is 0 Å². The van der Waals surface area contributed by atoms with Crippen LogP contribution in [-0.2, 0) is 43.5 Å². The van der Waals surface area contributed by atoms with Crippen LogP contribution in [0.5, 0.6) is 0 Å². The molecule has 0 saturated carbocycles. The molecule has 0 radical (unpaired) electrons. The van der Waals surface area contributed by atoms with Crippen LogP contribution in [0.2, 0.25) is 0 Å². The monoisotopic (exact) mass is 395 g/mol. The Balaban J connectivity index is 3.64. The van der Waals surface area contributed by atoms with E-state index in [-0.39, 0.29) is 30.0 Å². The Hall–Kier alpha value is -3.10. The van der Waals surface area contributed by atoms with E-state index in [1.165, 1.54) is 25.1 Å². The summed E-state index contributed by atoms with van der Waals surface area (Å²) in [6.07, 6.45) is 0. The van der Waals surface area contributed by atoms with Gasteiger partial charge in [-0.3, -0.25) is 19.2 Å². The largest absolute Gasteiger partial charge is 0.468 e. The molecule has 0 atom stereocenters. The lowest BCUT2D eigenvalue weighted by molar-refractivity contribution is -0.164. The van der Waals surface area contributed by atoms with Crippen molar-refractivity contribution in [2.24, 2.45) is 0 Å². The second-order valence-corrected chi connectivity index (χ2v) is 5.89. The van der Waals surface area contributed by atoms with Crippen molar-refractivity contribution in [2.75, 3.05) is 33.2 Å². The predicted octanol–water partition coefficient (Wildman–Crippen LogP) is 1.08. The van der Waals surface area contributed by atoms with Crippen molar-refractivity contribution in [2.45, 2.75) is 32.1 Å². The molecule has 9 heteroatoms. The maximum absolute atomic E-state index is 12.6. The summed E-state index contributed by atoms with van der Waals surface area (Å²) >= 11 is 0. The average molecular weight is 395 g/mol. The average Bonchev–Trinajstić information content (AvgIpc) is 2.68. The zero-order chi connectivity index (χ0) is 21.5. The lowest BCUT2D eigenvalue weighted by Crippen LogP contribution is -2.43. The van der Waals surface area contributed by atoms with Crippen LogP contribution in [-0.4, -0.2) is 51.3 Å². The van der Waals surface area contributed by atoms with Gasteiger partial charge < -0.3 is 24.7 Å². The second-order valence-electron chi connectivity index (χ2n) is 5.89. The Morgan fingerprint density at radius 2 is 1.43 bits per heavy atom. The Labute approximate surface area is 163 Å². The molecule has 154 valence electrons. The van der Waals surface area contributed by atoms with E-state index in [9.17, 15) is 19.2 Å². The molecule has 1 aromatic carbocycles. The van der Waals surface area contributed by atoms with Crippen molar-refractivity contribution in [3.63, 3.8) is 0 Å². The highest BCUT2D eigenvalue weighted by molar-refractivity contribution is 6.06. The molecular formula is C19H25NO8. The van der Waals surface area contributed by atoms with Gasteiger partial charge in [0.25, 0.3) is 0 Å². The number of hydrogen-bond acceptors (Lipinski definition) is 9. The molecule has 0 aliphatic rings. The summed E-state index contributed by atoms with van der Waals surface area (Å²) in [4.78, 5) is 49.5. The fourth-order valence-electron chi connectivity index (χ4n) is 2.59. The SMILES string of the molecule is CCOC(=O)C(C)(C(=O)OCC)c1ccc(N)c(C(C(=O)OC)C(=O)OC)c1. The summed E-state index contributed by atoms with van der Waals surface area (Å²) < 4.78 is 19.4. The van der Waals surface area contributed by atoms with E-state index in [2.05, 4.69) is 9.47 Å². The molecule has 0 fully saturated rings. The predicted molar refractivity (Wildman–Crippen MR) is 98.2 cm³/mol. The molecule has 0 spiro atoms. The molecule has 1 rings (SSSR count). The smallest absolute Gasteiger partial charge is 0.327 e. The van der Waals surface area contributed by atoms with Gasteiger partial charge in [0.1, 0.15) is 0 Å². The van der Waals surface area contributed by atoms with Crippen LogP contribution < -0.4 is 5.73 Å². The molecule has 28 heavy (non-hydrogen) atoms. The molecule has 0 saturated heterocycles. The van der Waals surface area contributed by atoms with Gasteiger partial charge in [0.15, 0.2) is 11.3 Å². The molecule has 0 aliphatic heterocycles. The number of hydrogen-bond donors (Lipinski definition) is 1. The number of esters is 4. The number of benzene rings is 1. The Morgan fingerprint density at radius 1 is 0.964 bits per heavy atom.